The molecule has 1 heterocycles. The Balaban J connectivity index is 1.99. The van der Waals surface area contributed by atoms with Gasteiger partial charge in [-0.15, -0.1) is 0 Å². The fourth-order valence-electron chi connectivity index (χ4n) is 3.73. The summed E-state index contributed by atoms with van der Waals surface area (Å²) in [7, 11) is 0. The standard InChI is InChI=1S/C17H20BrNO2/c1-11-8-13(9-12(2)15(11)18)19-14(20)10-17(16(19)21)6-4-3-5-7-17/h8-9H,3-7,10H2,1-2H3. The Kier molecular flexibility index (Phi) is 3.68. The van der Waals surface area contributed by atoms with Gasteiger partial charge in [0.1, 0.15) is 0 Å². The van der Waals surface area contributed by atoms with Crippen molar-refractivity contribution in [2.45, 2.75) is 52.4 Å². The van der Waals surface area contributed by atoms with Gasteiger partial charge >= 0.3 is 0 Å². The van der Waals surface area contributed by atoms with Crippen molar-refractivity contribution in [1.82, 2.24) is 0 Å². The van der Waals surface area contributed by atoms with Crippen LogP contribution in [0.15, 0.2) is 16.6 Å². The number of amides is 2. The molecule has 1 aliphatic heterocycles. The largest absolute Gasteiger partial charge is 0.274 e. The van der Waals surface area contributed by atoms with Crippen molar-refractivity contribution in [3.8, 4) is 0 Å². The summed E-state index contributed by atoms with van der Waals surface area (Å²) in [4.78, 5) is 26.8. The van der Waals surface area contributed by atoms with E-state index in [0.717, 1.165) is 47.0 Å². The summed E-state index contributed by atoms with van der Waals surface area (Å²) < 4.78 is 1.04. The molecule has 0 atom stereocenters. The molecule has 0 bridgehead atoms. The normalized spacial score (nSPS) is 21.4. The van der Waals surface area contributed by atoms with E-state index in [1.165, 1.54) is 11.3 Å². The lowest BCUT2D eigenvalue weighted by atomic mass is 9.73. The van der Waals surface area contributed by atoms with Crippen LogP contribution in [-0.4, -0.2) is 11.8 Å². The van der Waals surface area contributed by atoms with Crippen LogP contribution >= 0.6 is 15.9 Å². The number of carbonyl (C=O) groups is 2. The molecule has 1 spiro atoms. The first kappa shape index (κ1) is 14.8. The Labute approximate surface area is 133 Å². The number of rotatable bonds is 1. The van der Waals surface area contributed by atoms with E-state index in [0.29, 0.717) is 6.42 Å². The van der Waals surface area contributed by atoms with E-state index in [2.05, 4.69) is 15.9 Å². The highest BCUT2D eigenvalue weighted by atomic mass is 79.9. The first-order valence-corrected chi connectivity index (χ1v) is 8.38. The van der Waals surface area contributed by atoms with Gasteiger partial charge in [-0.05, 0) is 49.9 Å². The first-order valence-electron chi connectivity index (χ1n) is 7.59. The molecule has 1 aliphatic carbocycles. The van der Waals surface area contributed by atoms with Gasteiger partial charge in [-0.25, -0.2) is 0 Å². The molecule has 4 heteroatoms. The van der Waals surface area contributed by atoms with Crippen LogP contribution in [0.5, 0.6) is 0 Å². The van der Waals surface area contributed by atoms with Crippen molar-refractivity contribution in [1.29, 1.82) is 0 Å². The highest BCUT2D eigenvalue weighted by Gasteiger charge is 2.52. The number of anilines is 1. The van der Waals surface area contributed by atoms with E-state index < -0.39 is 5.41 Å². The van der Waals surface area contributed by atoms with Crippen molar-refractivity contribution in [2.24, 2.45) is 5.41 Å². The summed E-state index contributed by atoms with van der Waals surface area (Å²) in [6.07, 6.45) is 5.42. The predicted molar refractivity (Wildman–Crippen MR) is 86.2 cm³/mol. The van der Waals surface area contributed by atoms with Crippen LogP contribution in [0.1, 0.15) is 49.7 Å². The third-order valence-electron chi connectivity index (χ3n) is 4.89. The maximum Gasteiger partial charge on any atom is 0.240 e. The van der Waals surface area contributed by atoms with E-state index >= 15 is 0 Å². The number of hydrogen-bond donors (Lipinski definition) is 0. The molecule has 2 fully saturated rings. The fourth-order valence-corrected chi connectivity index (χ4v) is 3.96. The van der Waals surface area contributed by atoms with E-state index in [9.17, 15) is 9.59 Å². The number of carbonyl (C=O) groups excluding carboxylic acids is 2. The zero-order valence-corrected chi connectivity index (χ0v) is 14.1. The Bertz CT molecular complexity index is 594. The van der Waals surface area contributed by atoms with Gasteiger partial charge in [-0.2, -0.15) is 0 Å². The van der Waals surface area contributed by atoms with Gasteiger partial charge < -0.3 is 0 Å². The van der Waals surface area contributed by atoms with Crippen LogP contribution < -0.4 is 4.90 Å². The topological polar surface area (TPSA) is 37.4 Å². The minimum absolute atomic E-state index is 0.0216. The van der Waals surface area contributed by atoms with Crippen molar-refractivity contribution in [3.63, 3.8) is 0 Å². The molecule has 3 nitrogen and oxygen atoms in total. The summed E-state index contributed by atoms with van der Waals surface area (Å²) in [6.45, 7) is 3.98. The zero-order chi connectivity index (χ0) is 15.2. The number of benzene rings is 1. The molecule has 1 aromatic rings. The summed E-state index contributed by atoms with van der Waals surface area (Å²) in [5.74, 6) is -0.0173. The first-order chi connectivity index (χ1) is 9.94. The van der Waals surface area contributed by atoms with Gasteiger partial charge in [0.05, 0.1) is 11.1 Å². The van der Waals surface area contributed by atoms with Crippen LogP contribution in [0, 0.1) is 19.3 Å². The average molecular weight is 350 g/mol. The molecule has 2 amide bonds. The Morgan fingerprint density at radius 3 is 2.19 bits per heavy atom. The Hall–Kier alpha value is -1.16. The van der Waals surface area contributed by atoms with Gasteiger partial charge in [0, 0.05) is 10.9 Å². The summed E-state index contributed by atoms with van der Waals surface area (Å²) in [5, 5.41) is 0. The summed E-state index contributed by atoms with van der Waals surface area (Å²) in [6, 6.07) is 3.85. The van der Waals surface area contributed by atoms with Crippen LogP contribution in [0.25, 0.3) is 0 Å². The van der Waals surface area contributed by atoms with E-state index in [1.807, 2.05) is 26.0 Å². The fraction of sp³-hybridized carbons (Fsp3) is 0.529. The number of hydrogen-bond acceptors (Lipinski definition) is 2. The summed E-state index contributed by atoms with van der Waals surface area (Å²) in [5.41, 5.74) is 2.42. The molecule has 1 aromatic carbocycles. The minimum atomic E-state index is -0.412. The second-order valence-corrected chi connectivity index (χ2v) is 7.24. The lowest BCUT2D eigenvalue weighted by molar-refractivity contribution is -0.127. The van der Waals surface area contributed by atoms with Crippen molar-refractivity contribution in [2.75, 3.05) is 4.90 Å². The third-order valence-corrected chi connectivity index (χ3v) is 6.14. The van der Waals surface area contributed by atoms with E-state index in [-0.39, 0.29) is 11.8 Å². The molecule has 112 valence electrons. The minimum Gasteiger partial charge on any atom is -0.274 e. The molecule has 0 radical (unpaired) electrons. The van der Waals surface area contributed by atoms with Gasteiger partial charge in [-0.3, -0.25) is 14.5 Å². The average Bonchev–Trinajstić information content (AvgIpc) is 2.68. The molecule has 0 N–H and O–H groups in total. The van der Waals surface area contributed by atoms with E-state index in [1.54, 1.807) is 0 Å². The summed E-state index contributed by atoms with van der Waals surface area (Å²) >= 11 is 3.53. The van der Waals surface area contributed by atoms with Gasteiger partial charge in [0.25, 0.3) is 0 Å². The Morgan fingerprint density at radius 1 is 1.05 bits per heavy atom. The highest BCUT2D eigenvalue weighted by molar-refractivity contribution is 9.10. The zero-order valence-electron chi connectivity index (χ0n) is 12.5. The third kappa shape index (κ3) is 2.33. The number of halogens is 1. The lowest BCUT2D eigenvalue weighted by Crippen LogP contribution is -2.37. The van der Waals surface area contributed by atoms with Crippen molar-refractivity contribution < 1.29 is 9.59 Å². The maximum atomic E-state index is 12.9. The predicted octanol–water partition coefficient (Wildman–Crippen LogP) is 4.28. The number of nitrogens with zero attached hydrogens (tertiary/aromatic N) is 1. The lowest BCUT2D eigenvalue weighted by Gasteiger charge is -2.30. The van der Waals surface area contributed by atoms with Gasteiger partial charge in [0.15, 0.2) is 0 Å². The van der Waals surface area contributed by atoms with Crippen molar-refractivity contribution >= 4 is 33.4 Å². The van der Waals surface area contributed by atoms with Crippen LogP contribution in [0.4, 0.5) is 5.69 Å². The van der Waals surface area contributed by atoms with Gasteiger partial charge in [0.2, 0.25) is 11.8 Å². The molecule has 3 rings (SSSR count). The number of aryl methyl sites for hydroxylation is 2. The molecule has 1 saturated carbocycles. The maximum absolute atomic E-state index is 12.9. The SMILES string of the molecule is Cc1cc(N2C(=O)CC3(CCCCC3)C2=O)cc(C)c1Br. The second-order valence-electron chi connectivity index (χ2n) is 6.45. The van der Waals surface area contributed by atoms with Crippen LogP contribution in [-0.2, 0) is 9.59 Å². The van der Waals surface area contributed by atoms with Gasteiger partial charge in [-0.1, -0.05) is 35.2 Å². The second kappa shape index (κ2) is 5.24. The smallest absolute Gasteiger partial charge is 0.240 e. The molecule has 0 unspecified atom stereocenters. The molecule has 2 aliphatic rings. The Morgan fingerprint density at radius 2 is 1.62 bits per heavy atom. The quantitative estimate of drug-likeness (QED) is 0.709. The van der Waals surface area contributed by atoms with Crippen LogP contribution in [0.2, 0.25) is 0 Å². The molecular formula is C17H20BrNO2. The molecule has 1 saturated heterocycles. The van der Waals surface area contributed by atoms with Crippen LogP contribution in [0.3, 0.4) is 0 Å². The number of imide groups is 1. The van der Waals surface area contributed by atoms with E-state index in [4.69, 9.17) is 0 Å². The monoisotopic (exact) mass is 349 g/mol. The molecule has 0 aromatic heterocycles. The molecule has 21 heavy (non-hydrogen) atoms. The van der Waals surface area contributed by atoms with Crippen molar-refractivity contribution in [3.05, 3.63) is 27.7 Å². The highest BCUT2D eigenvalue weighted by Crippen LogP contribution is 2.46. The molecular weight excluding hydrogens is 330 g/mol.